The topological polar surface area (TPSA) is 102 Å². The lowest BCUT2D eigenvalue weighted by atomic mass is 10.00. The van der Waals surface area contributed by atoms with Crippen molar-refractivity contribution in [2.45, 2.75) is 0 Å². The molecule has 0 unspecified atom stereocenters. The third kappa shape index (κ3) is 2.61. The molecule has 5 nitrogen and oxygen atoms in total. The number of ether oxygens (including phenoxy) is 1. The zero-order chi connectivity index (χ0) is 14.7. The van der Waals surface area contributed by atoms with E-state index in [-0.39, 0.29) is 5.84 Å². The Kier molecular flexibility index (Phi) is 3.70. The van der Waals surface area contributed by atoms with Crippen molar-refractivity contribution in [3.05, 3.63) is 47.5 Å². The Morgan fingerprint density at radius 3 is 2.55 bits per heavy atom. The van der Waals surface area contributed by atoms with E-state index in [0.717, 1.165) is 16.3 Å². The Morgan fingerprint density at radius 1 is 1.25 bits per heavy atom. The first kappa shape index (κ1) is 13.6. The minimum absolute atomic E-state index is 0.0143. The van der Waals surface area contributed by atoms with Crippen molar-refractivity contribution in [3.63, 3.8) is 0 Å². The number of benzene rings is 2. The average Bonchev–Trinajstić information content (AvgIpc) is 2.43. The van der Waals surface area contributed by atoms with Crippen molar-refractivity contribution >= 4 is 28.6 Å². The molecule has 0 saturated heterocycles. The van der Waals surface area contributed by atoms with Crippen LogP contribution in [0.15, 0.2) is 36.4 Å². The zero-order valence-electron chi connectivity index (χ0n) is 11.0. The minimum Gasteiger partial charge on any atom is -0.496 e. The Hall–Kier alpha value is -2.82. The lowest BCUT2D eigenvalue weighted by Gasteiger charge is -2.10. The van der Waals surface area contributed by atoms with Gasteiger partial charge >= 0.3 is 0 Å². The van der Waals surface area contributed by atoms with Crippen molar-refractivity contribution in [1.82, 2.24) is 0 Å². The molecule has 0 atom stereocenters. The van der Waals surface area contributed by atoms with Gasteiger partial charge in [-0.25, -0.2) is 0 Å². The van der Waals surface area contributed by atoms with Crippen LogP contribution in [0, 0.1) is 5.41 Å². The monoisotopic (exact) mass is 269 g/mol. The maximum atomic E-state index is 10.9. The second kappa shape index (κ2) is 5.44. The van der Waals surface area contributed by atoms with E-state index in [0.29, 0.717) is 11.3 Å². The molecule has 2 rings (SSSR count). The summed E-state index contributed by atoms with van der Waals surface area (Å²) in [6, 6.07) is 9.16. The summed E-state index contributed by atoms with van der Waals surface area (Å²) in [7, 11) is 1.55. The molecule has 0 fully saturated rings. The fraction of sp³-hybridized carbons (Fsp3) is 0.0667. The number of hydrogen-bond donors (Lipinski definition) is 3. The molecule has 0 saturated carbocycles. The number of fused-ring (bicyclic) bond motifs is 1. The summed E-state index contributed by atoms with van der Waals surface area (Å²) in [6.07, 6.45) is 2.88. The average molecular weight is 269 g/mol. The van der Waals surface area contributed by atoms with E-state index in [1.807, 2.05) is 18.2 Å². The van der Waals surface area contributed by atoms with Crippen molar-refractivity contribution in [1.29, 1.82) is 5.41 Å². The van der Waals surface area contributed by atoms with Gasteiger partial charge in [0.25, 0.3) is 0 Å². The molecule has 5 heteroatoms. The molecule has 0 heterocycles. The molecule has 0 aromatic heterocycles. The smallest absolute Gasteiger partial charge is 0.241 e. The van der Waals surface area contributed by atoms with Crippen LogP contribution in [0.3, 0.4) is 0 Å². The van der Waals surface area contributed by atoms with E-state index < -0.39 is 5.91 Å². The second-order valence-corrected chi connectivity index (χ2v) is 4.27. The van der Waals surface area contributed by atoms with E-state index in [1.165, 1.54) is 6.08 Å². The number of carbonyl (C=O) groups excluding carboxylic acids is 1. The van der Waals surface area contributed by atoms with Crippen LogP contribution in [-0.2, 0) is 4.79 Å². The molecule has 0 bridgehead atoms. The maximum Gasteiger partial charge on any atom is 0.241 e. The van der Waals surface area contributed by atoms with Gasteiger partial charge in [-0.1, -0.05) is 18.2 Å². The van der Waals surface area contributed by atoms with Gasteiger partial charge in [-0.3, -0.25) is 10.2 Å². The van der Waals surface area contributed by atoms with Gasteiger partial charge in [0.1, 0.15) is 11.6 Å². The highest BCUT2D eigenvalue weighted by atomic mass is 16.5. The molecule has 0 aliphatic rings. The number of carbonyl (C=O) groups is 1. The highest BCUT2D eigenvalue weighted by molar-refractivity contribution is 6.03. The standard InChI is InChI=1S/C15H15N3O2/c1-20-13-6-4-9-2-3-10(15(17)18)8-12(9)11(13)5-7-14(16)19/h2-8H,1H3,(H2,16,19)(H3,17,18)/b7-5+. The summed E-state index contributed by atoms with van der Waals surface area (Å²) in [5, 5.41) is 9.30. The van der Waals surface area contributed by atoms with Crippen LogP contribution in [0.2, 0.25) is 0 Å². The number of amides is 1. The fourth-order valence-corrected chi connectivity index (χ4v) is 2.01. The first-order chi connectivity index (χ1) is 9.52. The number of nitrogens with one attached hydrogen (secondary N) is 1. The van der Waals surface area contributed by atoms with Crippen LogP contribution in [0.1, 0.15) is 11.1 Å². The summed E-state index contributed by atoms with van der Waals surface area (Å²) < 4.78 is 5.30. The number of primary amides is 1. The van der Waals surface area contributed by atoms with Crippen molar-refractivity contribution in [2.24, 2.45) is 11.5 Å². The van der Waals surface area contributed by atoms with E-state index in [9.17, 15) is 4.79 Å². The van der Waals surface area contributed by atoms with Crippen LogP contribution in [0.25, 0.3) is 16.8 Å². The third-order valence-corrected chi connectivity index (χ3v) is 2.97. The molecule has 0 aliphatic heterocycles. The van der Waals surface area contributed by atoms with Crippen LogP contribution in [0.4, 0.5) is 0 Å². The zero-order valence-corrected chi connectivity index (χ0v) is 11.0. The fourth-order valence-electron chi connectivity index (χ4n) is 2.01. The molecule has 5 N–H and O–H groups in total. The Bertz CT molecular complexity index is 720. The number of hydrogen-bond acceptors (Lipinski definition) is 3. The molecular formula is C15H15N3O2. The van der Waals surface area contributed by atoms with Gasteiger partial charge in [-0.15, -0.1) is 0 Å². The maximum absolute atomic E-state index is 10.9. The van der Waals surface area contributed by atoms with Gasteiger partial charge < -0.3 is 16.2 Å². The number of nitrogens with two attached hydrogens (primary N) is 2. The summed E-state index contributed by atoms with van der Waals surface area (Å²) in [5.41, 5.74) is 12.0. The molecule has 0 radical (unpaired) electrons. The first-order valence-electron chi connectivity index (χ1n) is 5.95. The Morgan fingerprint density at radius 2 is 1.95 bits per heavy atom. The minimum atomic E-state index is -0.535. The third-order valence-electron chi connectivity index (χ3n) is 2.97. The van der Waals surface area contributed by atoms with E-state index in [2.05, 4.69) is 0 Å². The summed E-state index contributed by atoms with van der Waals surface area (Å²) in [5.74, 6) is 0.0713. The van der Waals surface area contributed by atoms with Gasteiger partial charge in [0, 0.05) is 17.2 Å². The van der Waals surface area contributed by atoms with E-state index in [4.69, 9.17) is 21.6 Å². The van der Waals surface area contributed by atoms with Crippen LogP contribution < -0.4 is 16.2 Å². The second-order valence-electron chi connectivity index (χ2n) is 4.27. The van der Waals surface area contributed by atoms with Gasteiger partial charge in [-0.05, 0) is 29.0 Å². The molecule has 0 aliphatic carbocycles. The molecule has 2 aromatic rings. The highest BCUT2D eigenvalue weighted by Crippen LogP contribution is 2.30. The molecule has 0 spiro atoms. The molecule has 1 amide bonds. The van der Waals surface area contributed by atoms with Crippen molar-refractivity contribution in [2.75, 3.05) is 7.11 Å². The van der Waals surface area contributed by atoms with Gasteiger partial charge in [0.2, 0.25) is 5.91 Å². The van der Waals surface area contributed by atoms with Gasteiger partial charge in [-0.2, -0.15) is 0 Å². The predicted octanol–water partition coefficient (Wildman–Crippen LogP) is 1.63. The van der Waals surface area contributed by atoms with E-state index in [1.54, 1.807) is 25.3 Å². The normalized spacial score (nSPS) is 10.8. The predicted molar refractivity (Wildman–Crippen MR) is 79.7 cm³/mol. The Labute approximate surface area is 116 Å². The number of nitrogen functional groups attached to an aromatic ring is 1. The Balaban J connectivity index is 2.74. The molecule has 20 heavy (non-hydrogen) atoms. The summed E-state index contributed by atoms with van der Waals surface area (Å²) >= 11 is 0. The quantitative estimate of drug-likeness (QED) is 0.446. The lowest BCUT2D eigenvalue weighted by molar-refractivity contribution is -0.113. The van der Waals surface area contributed by atoms with Gasteiger partial charge in [0.05, 0.1) is 7.11 Å². The highest BCUT2D eigenvalue weighted by Gasteiger charge is 2.08. The largest absolute Gasteiger partial charge is 0.496 e. The summed E-state index contributed by atoms with van der Waals surface area (Å²) in [6.45, 7) is 0. The SMILES string of the molecule is COc1ccc2ccc(C(=N)N)cc2c1/C=C/C(N)=O. The molecular weight excluding hydrogens is 254 g/mol. The summed E-state index contributed by atoms with van der Waals surface area (Å²) in [4.78, 5) is 10.9. The van der Waals surface area contributed by atoms with E-state index >= 15 is 0 Å². The number of amidine groups is 1. The molecule has 102 valence electrons. The first-order valence-corrected chi connectivity index (χ1v) is 5.95. The molecule has 2 aromatic carbocycles. The van der Waals surface area contributed by atoms with Crippen LogP contribution in [-0.4, -0.2) is 18.9 Å². The van der Waals surface area contributed by atoms with Gasteiger partial charge in [0.15, 0.2) is 0 Å². The lowest BCUT2D eigenvalue weighted by Crippen LogP contribution is -2.10. The van der Waals surface area contributed by atoms with Crippen LogP contribution >= 0.6 is 0 Å². The van der Waals surface area contributed by atoms with Crippen molar-refractivity contribution < 1.29 is 9.53 Å². The van der Waals surface area contributed by atoms with Crippen molar-refractivity contribution in [3.8, 4) is 5.75 Å². The van der Waals surface area contributed by atoms with Crippen LogP contribution in [0.5, 0.6) is 5.75 Å². The number of rotatable bonds is 4. The number of methoxy groups -OCH3 is 1.